The Balaban J connectivity index is 1.64. The van der Waals surface area contributed by atoms with Gasteiger partial charge in [-0.15, -0.1) is 0 Å². The molecule has 2 aromatic rings. The molecule has 0 fully saturated rings. The molecule has 0 atom stereocenters. The first-order chi connectivity index (χ1) is 11.5. The number of carbonyl (C=O) groups is 1. The fourth-order valence-electron chi connectivity index (χ4n) is 1.78. The summed E-state index contributed by atoms with van der Waals surface area (Å²) in [4.78, 5) is 11.7. The van der Waals surface area contributed by atoms with E-state index in [2.05, 4.69) is 16.2 Å². The Labute approximate surface area is 145 Å². The van der Waals surface area contributed by atoms with Gasteiger partial charge in [0, 0.05) is 5.69 Å². The van der Waals surface area contributed by atoms with E-state index in [1.807, 2.05) is 31.2 Å². The molecule has 7 heteroatoms. The Morgan fingerprint density at radius 2 is 1.75 bits per heavy atom. The van der Waals surface area contributed by atoms with E-state index < -0.39 is 0 Å². The number of benzene rings is 2. The zero-order chi connectivity index (χ0) is 17.4. The summed E-state index contributed by atoms with van der Waals surface area (Å²) >= 11 is 5.03. The molecule has 5 nitrogen and oxygen atoms in total. The van der Waals surface area contributed by atoms with E-state index in [4.69, 9.17) is 17.0 Å². The molecule has 0 aliphatic heterocycles. The number of halogens is 1. The summed E-state index contributed by atoms with van der Waals surface area (Å²) in [5, 5.41) is 3.02. The number of carbonyl (C=O) groups excluding carboxylic acids is 1. The molecule has 1 amide bonds. The van der Waals surface area contributed by atoms with Gasteiger partial charge in [0.1, 0.15) is 11.6 Å². The third-order valence-corrected chi connectivity index (χ3v) is 3.24. The predicted molar refractivity (Wildman–Crippen MR) is 95.2 cm³/mol. The van der Waals surface area contributed by atoms with Gasteiger partial charge in [0.15, 0.2) is 5.11 Å². The minimum atomic E-state index is -0.332. The lowest BCUT2D eigenvalue weighted by molar-refractivity contribution is -0.122. The van der Waals surface area contributed by atoms with Crippen molar-refractivity contribution in [1.29, 1.82) is 0 Å². The van der Waals surface area contributed by atoms with Crippen LogP contribution in [0.25, 0.3) is 0 Å². The zero-order valence-electron chi connectivity index (χ0n) is 13.1. The lowest BCUT2D eigenvalue weighted by Gasteiger charge is -2.12. The monoisotopic (exact) mass is 347 g/mol. The molecule has 24 heavy (non-hydrogen) atoms. The van der Waals surface area contributed by atoms with E-state index in [1.54, 1.807) is 12.1 Å². The van der Waals surface area contributed by atoms with Crippen molar-refractivity contribution in [3.8, 4) is 5.75 Å². The number of amides is 1. The number of nitrogens with one attached hydrogen (secondary N) is 3. The third kappa shape index (κ3) is 6.21. The summed E-state index contributed by atoms with van der Waals surface area (Å²) in [5.74, 6) is 0.126. The van der Waals surface area contributed by atoms with E-state index in [9.17, 15) is 9.18 Å². The number of anilines is 1. The van der Waals surface area contributed by atoms with Crippen molar-refractivity contribution in [2.24, 2.45) is 0 Å². The second-order valence-electron chi connectivity index (χ2n) is 5.05. The van der Waals surface area contributed by atoms with Crippen molar-refractivity contribution >= 4 is 28.9 Å². The van der Waals surface area contributed by atoms with Crippen LogP contribution in [0.1, 0.15) is 12.0 Å². The molecule has 0 spiro atoms. The number of hydrogen-bond donors (Lipinski definition) is 3. The number of hydrazine groups is 1. The number of hydrogen-bond acceptors (Lipinski definition) is 3. The number of aryl methyl sites for hydroxylation is 1. The van der Waals surface area contributed by atoms with Gasteiger partial charge < -0.3 is 10.1 Å². The second-order valence-corrected chi connectivity index (χ2v) is 5.45. The molecule has 0 aliphatic rings. The average molecular weight is 347 g/mol. The van der Waals surface area contributed by atoms with Gasteiger partial charge in [-0.25, -0.2) is 4.39 Å². The third-order valence-electron chi connectivity index (χ3n) is 3.04. The molecule has 2 rings (SSSR count). The van der Waals surface area contributed by atoms with Crippen LogP contribution in [0.4, 0.5) is 10.1 Å². The lowest BCUT2D eigenvalue weighted by Crippen LogP contribution is -2.44. The smallest absolute Gasteiger partial charge is 0.241 e. The fourth-order valence-corrected chi connectivity index (χ4v) is 1.95. The molecule has 0 unspecified atom stereocenters. The largest absolute Gasteiger partial charge is 0.493 e. The topological polar surface area (TPSA) is 62.4 Å². The Hall–Kier alpha value is -2.67. The van der Waals surface area contributed by atoms with Crippen LogP contribution in [-0.4, -0.2) is 17.6 Å². The van der Waals surface area contributed by atoms with Gasteiger partial charge in [0.2, 0.25) is 5.91 Å². The maximum atomic E-state index is 12.8. The standard InChI is InChI=1S/C17H18FN3O2S/c1-12-2-8-15(9-3-12)23-11-10-16(22)20-21-17(24)19-14-6-4-13(18)5-7-14/h2-9H,10-11H2,1H3,(H,20,22)(H2,19,21,24). The van der Waals surface area contributed by atoms with Gasteiger partial charge in [-0.2, -0.15) is 0 Å². The highest BCUT2D eigenvalue weighted by Crippen LogP contribution is 2.11. The van der Waals surface area contributed by atoms with Crippen LogP contribution in [0.15, 0.2) is 48.5 Å². The van der Waals surface area contributed by atoms with Gasteiger partial charge in [-0.05, 0) is 55.5 Å². The minimum absolute atomic E-state index is 0.181. The van der Waals surface area contributed by atoms with Crippen LogP contribution >= 0.6 is 12.2 Å². The highest BCUT2D eigenvalue weighted by Gasteiger charge is 2.03. The second kappa shape index (κ2) is 8.83. The van der Waals surface area contributed by atoms with Crippen LogP contribution in [0, 0.1) is 12.7 Å². The number of ether oxygens (including phenoxy) is 1. The number of thiocarbonyl (C=S) groups is 1. The summed E-state index contributed by atoms with van der Waals surface area (Å²) in [5.41, 5.74) is 6.80. The van der Waals surface area contributed by atoms with Crippen molar-refractivity contribution in [3.05, 3.63) is 59.9 Å². The molecule has 0 aliphatic carbocycles. The van der Waals surface area contributed by atoms with E-state index in [0.717, 1.165) is 11.3 Å². The van der Waals surface area contributed by atoms with Gasteiger partial charge in [0.25, 0.3) is 0 Å². The molecular weight excluding hydrogens is 329 g/mol. The molecule has 0 aromatic heterocycles. The first-order valence-electron chi connectivity index (χ1n) is 7.34. The Bertz CT molecular complexity index is 690. The van der Waals surface area contributed by atoms with E-state index in [0.29, 0.717) is 5.69 Å². The summed E-state index contributed by atoms with van der Waals surface area (Å²) < 4.78 is 18.3. The lowest BCUT2D eigenvalue weighted by atomic mass is 10.2. The van der Waals surface area contributed by atoms with E-state index >= 15 is 0 Å². The van der Waals surface area contributed by atoms with E-state index in [-0.39, 0.29) is 29.9 Å². The molecule has 0 radical (unpaired) electrons. The normalized spacial score (nSPS) is 9.92. The highest BCUT2D eigenvalue weighted by atomic mass is 32.1. The molecular formula is C17H18FN3O2S. The maximum Gasteiger partial charge on any atom is 0.241 e. The Morgan fingerprint density at radius 1 is 1.08 bits per heavy atom. The minimum Gasteiger partial charge on any atom is -0.493 e. The van der Waals surface area contributed by atoms with Crippen molar-refractivity contribution in [2.75, 3.05) is 11.9 Å². The Morgan fingerprint density at radius 3 is 2.42 bits per heavy atom. The predicted octanol–water partition coefficient (Wildman–Crippen LogP) is 2.92. The molecule has 0 heterocycles. The summed E-state index contributed by atoms with van der Waals surface area (Å²) in [6, 6.07) is 13.3. The molecule has 0 saturated heterocycles. The van der Waals surface area contributed by atoms with Crippen molar-refractivity contribution in [2.45, 2.75) is 13.3 Å². The van der Waals surface area contributed by atoms with Gasteiger partial charge in [-0.3, -0.25) is 15.6 Å². The van der Waals surface area contributed by atoms with Crippen LogP contribution in [-0.2, 0) is 4.79 Å². The molecule has 3 N–H and O–H groups in total. The van der Waals surface area contributed by atoms with Gasteiger partial charge >= 0.3 is 0 Å². The van der Waals surface area contributed by atoms with E-state index in [1.165, 1.54) is 12.1 Å². The average Bonchev–Trinajstić information content (AvgIpc) is 2.57. The Kier molecular flexibility index (Phi) is 6.51. The first kappa shape index (κ1) is 17.7. The summed E-state index contributed by atoms with van der Waals surface area (Å²) in [7, 11) is 0. The number of rotatable bonds is 5. The van der Waals surface area contributed by atoms with Crippen molar-refractivity contribution in [1.82, 2.24) is 10.9 Å². The van der Waals surface area contributed by atoms with Gasteiger partial charge in [0.05, 0.1) is 13.0 Å². The first-order valence-corrected chi connectivity index (χ1v) is 7.74. The van der Waals surface area contributed by atoms with Crippen LogP contribution in [0.5, 0.6) is 5.75 Å². The molecule has 126 valence electrons. The summed E-state index contributed by atoms with van der Waals surface area (Å²) in [6.45, 7) is 2.25. The zero-order valence-corrected chi connectivity index (χ0v) is 14.0. The quantitative estimate of drug-likeness (QED) is 0.573. The fraction of sp³-hybridized carbons (Fsp3) is 0.176. The van der Waals surface area contributed by atoms with Crippen LogP contribution < -0.4 is 20.9 Å². The molecule has 0 bridgehead atoms. The van der Waals surface area contributed by atoms with Crippen molar-refractivity contribution < 1.29 is 13.9 Å². The highest BCUT2D eigenvalue weighted by molar-refractivity contribution is 7.80. The molecule has 2 aromatic carbocycles. The SMILES string of the molecule is Cc1ccc(OCCC(=O)NNC(=S)Nc2ccc(F)cc2)cc1. The maximum absolute atomic E-state index is 12.8. The van der Waals surface area contributed by atoms with Crippen LogP contribution in [0.3, 0.4) is 0 Å². The van der Waals surface area contributed by atoms with Crippen molar-refractivity contribution in [3.63, 3.8) is 0 Å². The molecule has 0 saturated carbocycles. The van der Waals surface area contributed by atoms with Crippen LogP contribution in [0.2, 0.25) is 0 Å². The summed E-state index contributed by atoms with van der Waals surface area (Å²) in [6.07, 6.45) is 0.181. The van der Waals surface area contributed by atoms with Gasteiger partial charge in [-0.1, -0.05) is 17.7 Å².